The molecule has 0 amide bonds. The zero-order valence-corrected chi connectivity index (χ0v) is 7.94. The van der Waals surface area contributed by atoms with Gasteiger partial charge in [-0.2, -0.15) is 0 Å². The van der Waals surface area contributed by atoms with Gasteiger partial charge in [-0.05, 0) is 19.4 Å². The van der Waals surface area contributed by atoms with E-state index in [0.29, 0.717) is 5.30 Å². The van der Waals surface area contributed by atoms with Crippen LogP contribution in [0.1, 0.15) is 0 Å². The third kappa shape index (κ3) is 1.98. The van der Waals surface area contributed by atoms with Crippen LogP contribution in [0.5, 0.6) is 0 Å². The lowest BCUT2D eigenvalue weighted by Gasteiger charge is -2.07. The molecule has 0 atom stereocenters. The predicted octanol–water partition coefficient (Wildman–Crippen LogP) is 0.867. The lowest BCUT2D eigenvalue weighted by atomic mass is 9.96. The van der Waals surface area contributed by atoms with E-state index in [-0.39, 0.29) is 5.46 Å². The third-order valence-corrected chi connectivity index (χ3v) is 3.13. The second-order valence-electron chi connectivity index (χ2n) is 3.06. The normalized spacial score (nSPS) is 11.6. The van der Waals surface area contributed by atoms with Gasteiger partial charge in [0.1, 0.15) is 20.8 Å². The van der Waals surface area contributed by atoms with E-state index in [2.05, 4.69) is 0 Å². The average molecular weight is 182 g/mol. The molecule has 0 saturated carbocycles. The highest BCUT2D eigenvalue weighted by molar-refractivity contribution is 7.70. The second kappa shape index (κ2) is 3.06. The molecule has 1 rings (SSSR count). The lowest BCUT2D eigenvalue weighted by molar-refractivity contribution is 0.587. The standard InChI is InChI=1S/C8H9BFOP/c1-12(2,11)6-3-4-7(9)8(10)5-6/h3-5H,1-2H3. The van der Waals surface area contributed by atoms with Crippen LogP contribution in [0.3, 0.4) is 0 Å². The molecule has 0 saturated heterocycles. The van der Waals surface area contributed by atoms with E-state index in [1.54, 1.807) is 19.4 Å². The molecular formula is C8H9BFOP. The van der Waals surface area contributed by atoms with Crippen molar-refractivity contribution in [2.75, 3.05) is 13.3 Å². The monoisotopic (exact) mass is 182 g/mol. The quantitative estimate of drug-likeness (QED) is 0.465. The van der Waals surface area contributed by atoms with Gasteiger partial charge < -0.3 is 4.57 Å². The molecule has 0 unspecified atom stereocenters. The van der Waals surface area contributed by atoms with Crippen molar-refractivity contribution >= 4 is 25.8 Å². The molecule has 12 heavy (non-hydrogen) atoms. The van der Waals surface area contributed by atoms with Crippen LogP contribution < -0.4 is 10.8 Å². The molecule has 0 aliphatic rings. The largest absolute Gasteiger partial charge is 0.319 e. The molecule has 0 fully saturated rings. The van der Waals surface area contributed by atoms with Gasteiger partial charge in [0, 0.05) is 5.30 Å². The van der Waals surface area contributed by atoms with Crippen molar-refractivity contribution in [1.82, 2.24) is 0 Å². The number of benzene rings is 1. The molecule has 2 radical (unpaired) electrons. The van der Waals surface area contributed by atoms with Gasteiger partial charge >= 0.3 is 0 Å². The van der Waals surface area contributed by atoms with Crippen molar-refractivity contribution in [3.8, 4) is 0 Å². The van der Waals surface area contributed by atoms with Crippen LogP contribution in [0.2, 0.25) is 0 Å². The van der Waals surface area contributed by atoms with E-state index >= 15 is 0 Å². The van der Waals surface area contributed by atoms with Crippen molar-refractivity contribution < 1.29 is 8.96 Å². The summed E-state index contributed by atoms with van der Waals surface area (Å²) in [5, 5.41) is 0.522. The maximum absolute atomic E-state index is 12.9. The second-order valence-corrected chi connectivity index (χ2v) is 6.27. The average Bonchev–Trinajstić information content (AvgIpc) is 1.92. The summed E-state index contributed by atoms with van der Waals surface area (Å²) in [6.45, 7) is 3.19. The number of halogens is 1. The molecule has 1 aromatic carbocycles. The minimum atomic E-state index is -2.36. The van der Waals surface area contributed by atoms with Gasteiger partial charge in [0.25, 0.3) is 0 Å². The SMILES string of the molecule is [B]c1ccc(P(C)(C)=O)cc1F. The molecule has 0 heterocycles. The summed E-state index contributed by atoms with van der Waals surface area (Å²) >= 11 is 0. The van der Waals surface area contributed by atoms with Crippen LogP contribution in [0.15, 0.2) is 18.2 Å². The first kappa shape index (κ1) is 9.53. The fourth-order valence-corrected chi connectivity index (χ4v) is 1.71. The molecular weight excluding hydrogens is 173 g/mol. The van der Waals surface area contributed by atoms with E-state index in [9.17, 15) is 8.96 Å². The fourth-order valence-electron chi connectivity index (χ4n) is 0.851. The summed E-state index contributed by atoms with van der Waals surface area (Å²) in [4.78, 5) is 0. The highest BCUT2D eigenvalue weighted by Crippen LogP contribution is 2.34. The molecule has 0 N–H and O–H groups in total. The van der Waals surface area contributed by atoms with Gasteiger partial charge in [0.2, 0.25) is 0 Å². The highest BCUT2D eigenvalue weighted by atomic mass is 31.2. The zero-order valence-electron chi connectivity index (χ0n) is 7.04. The minimum Gasteiger partial charge on any atom is -0.319 e. The van der Waals surface area contributed by atoms with Crippen LogP contribution >= 0.6 is 7.14 Å². The molecule has 1 aromatic rings. The zero-order chi connectivity index (χ0) is 9.35. The number of hydrogen-bond donors (Lipinski definition) is 0. The van der Waals surface area contributed by atoms with E-state index in [4.69, 9.17) is 7.85 Å². The first-order valence-electron chi connectivity index (χ1n) is 3.52. The van der Waals surface area contributed by atoms with Crippen LogP contribution in [-0.2, 0) is 4.57 Å². The Balaban J connectivity index is 3.23. The maximum Gasteiger partial charge on any atom is 0.117 e. The van der Waals surface area contributed by atoms with Gasteiger partial charge in [-0.15, -0.1) is 0 Å². The Hall–Kier alpha value is -0.555. The summed E-state index contributed by atoms with van der Waals surface area (Å²) in [7, 11) is 2.91. The van der Waals surface area contributed by atoms with E-state index in [0.717, 1.165) is 0 Å². The topological polar surface area (TPSA) is 17.1 Å². The van der Waals surface area contributed by atoms with Crippen molar-refractivity contribution in [2.45, 2.75) is 0 Å². The Kier molecular flexibility index (Phi) is 2.43. The van der Waals surface area contributed by atoms with Gasteiger partial charge in [0.15, 0.2) is 0 Å². The first-order valence-corrected chi connectivity index (χ1v) is 6.12. The molecule has 62 valence electrons. The molecule has 0 aliphatic carbocycles. The Morgan fingerprint density at radius 1 is 1.42 bits per heavy atom. The minimum absolute atomic E-state index is 0.0900. The summed E-state index contributed by atoms with van der Waals surface area (Å²) in [5.74, 6) is -0.503. The molecule has 1 nitrogen and oxygen atoms in total. The summed E-state index contributed by atoms with van der Waals surface area (Å²) in [6, 6.07) is 4.26. The number of hydrogen-bond acceptors (Lipinski definition) is 1. The molecule has 0 spiro atoms. The third-order valence-electron chi connectivity index (χ3n) is 1.61. The Morgan fingerprint density at radius 2 is 2.00 bits per heavy atom. The molecule has 0 aliphatic heterocycles. The molecule has 0 bridgehead atoms. The highest BCUT2D eigenvalue weighted by Gasteiger charge is 2.11. The lowest BCUT2D eigenvalue weighted by Crippen LogP contribution is -2.14. The van der Waals surface area contributed by atoms with Crippen molar-refractivity contribution in [2.24, 2.45) is 0 Å². The predicted molar refractivity (Wildman–Crippen MR) is 50.9 cm³/mol. The summed E-state index contributed by atoms with van der Waals surface area (Å²) in [6.07, 6.45) is 0. The van der Waals surface area contributed by atoms with Gasteiger partial charge in [-0.3, -0.25) is 0 Å². The summed E-state index contributed by atoms with van der Waals surface area (Å²) in [5.41, 5.74) is 0.0900. The summed E-state index contributed by atoms with van der Waals surface area (Å²) < 4.78 is 24.3. The van der Waals surface area contributed by atoms with Crippen LogP contribution in [0.4, 0.5) is 4.39 Å². The Morgan fingerprint density at radius 3 is 2.42 bits per heavy atom. The van der Waals surface area contributed by atoms with Crippen molar-refractivity contribution in [3.05, 3.63) is 24.0 Å². The number of rotatable bonds is 1. The molecule has 4 heteroatoms. The fraction of sp³-hybridized carbons (Fsp3) is 0.250. The van der Waals surface area contributed by atoms with Crippen LogP contribution in [0.25, 0.3) is 0 Å². The van der Waals surface area contributed by atoms with Gasteiger partial charge in [-0.25, -0.2) is 4.39 Å². The van der Waals surface area contributed by atoms with Crippen molar-refractivity contribution in [3.63, 3.8) is 0 Å². The Bertz CT molecular complexity index is 345. The van der Waals surface area contributed by atoms with Crippen LogP contribution in [-0.4, -0.2) is 21.2 Å². The first-order chi connectivity index (χ1) is 5.41. The molecule has 0 aromatic heterocycles. The smallest absolute Gasteiger partial charge is 0.117 e. The van der Waals surface area contributed by atoms with E-state index < -0.39 is 13.0 Å². The van der Waals surface area contributed by atoms with Crippen LogP contribution in [0, 0.1) is 5.82 Å². The van der Waals surface area contributed by atoms with Gasteiger partial charge in [0.05, 0.1) is 0 Å². The van der Waals surface area contributed by atoms with E-state index in [1.165, 1.54) is 12.1 Å². The maximum atomic E-state index is 12.9. The van der Waals surface area contributed by atoms with Crippen molar-refractivity contribution in [1.29, 1.82) is 0 Å². The Labute approximate surface area is 72.8 Å². The van der Waals surface area contributed by atoms with E-state index in [1.807, 2.05) is 0 Å². The van der Waals surface area contributed by atoms with Gasteiger partial charge in [-0.1, -0.05) is 17.6 Å².